The molecule has 0 saturated heterocycles. The maximum absolute atomic E-state index is 6.34. The smallest absolute Gasteiger partial charge is 0.136 e. The SMILES string of the molecule is C=C(/C=C\C(=C)c1c2ccccc2c(/C(C)=C/C=C2/C=CCCC2)c2ccccc12)/C(C)=C/C=C1\Cc2cc3cc4c(cc3cc2O1)oc1ccccc14. The number of rotatable bonds is 7. The number of ether oxygens (including phenoxy) is 1. The number of allylic oxidation sites excluding steroid dienone is 14. The minimum absolute atomic E-state index is 0.748. The Bertz CT molecular complexity index is 2840. The molecule has 0 N–H and O–H groups in total. The maximum Gasteiger partial charge on any atom is 0.136 e. The molecule has 262 valence electrons. The first-order valence-electron chi connectivity index (χ1n) is 18.9. The van der Waals surface area contributed by atoms with E-state index >= 15 is 0 Å². The average molecular weight is 699 g/mol. The van der Waals surface area contributed by atoms with Gasteiger partial charge in [-0.15, -0.1) is 0 Å². The first kappa shape index (κ1) is 33.5. The topological polar surface area (TPSA) is 22.4 Å². The number of hydrogen-bond acceptors (Lipinski definition) is 2. The summed E-state index contributed by atoms with van der Waals surface area (Å²) in [7, 11) is 0. The fourth-order valence-corrected chi connectivity index (χ4v) is 8.07. The molecular formula is C52H42O2. The summed E-state index contributed by atoms with van der Waals surface area (Å²) in [6, 6.07) is 34.4. The van der Waals surface area contributed by atoms with Crippen LogP contribution in [0, 0.1) is 0 Å². The van der Waals surface area contributed by atoms with Crippen molar-refractivity contribution in [2.24, 2.45) is 0 Å². The van der Waals surface area contributed by atoms with E-state index in [1.54, 1.807) is 0 Å². The summed E-state index contributed by atoms with van der Waals surface area (Å²) in [6.07, 6.45) is 21.8. The van der Waals surface area contributed by atoms with Crippen LogP contribution in [0.5, 0.6) is 5.75 Å². The van der Waals surface area contributed by atoms with Crippen molar-refractivity contribution in [1.29, 1.82) is 0 Å². The van der Waals surface area contributed by atoms with Crippen LogP contribution in [0.3, 0.4) is 0 Å². The van der Waals surface area contributed by atoms with Gasteiger partial charge >= 0.3 is 0 Å². The lowest BCUT2D eigenvalue weighted by Gasteiger charge is -2.18. The summed E-state index contributed by atoms with van der Waals surface area (Å²) in [5, 5.41) is 9.46. The van der Waals surface area contributed by atoms with Crippen molar-refractivity contribution in [1.82, 2.24) is 0 Å². The molecule has 0 radical (unpaired) electrons. The summed E-state index contributed by atoms with van der Waals surface area (Å²) in [6.45, 7) is 13.3. The molecule has 0 bridgehead atoms. The van der Waals surface area contributed by atoms with Crippen LogP contribution in [0.15, 0.2) is 186 Å². The maximum atomic E-state index is 6.34. The molecule has 0 atom stereocenters. The van der Waals surface area contributed by atoms with Gasteiger partial charge in [-0.3, -0.25) is 0 Å². The third kappa shape index (κ3) is 6.14. The minimum atomic E-state index is 0.748. The molecule has 0 spiro atoms. The zero-order valence-corrected chi connectivity index (χ0v) is 30.9. The van der Waals surface area contributed by atoms with Crippen LogP contribution < -0.4 is 4.74 Å². The highest BCUT2D eigenvalue weighted by Gasteiger charge is 2.19. The zero-order valence-electron chi connectivity index (χ0n) is 30.9. The van der Waals surface area contributed by atoms with Gasteiger partial charge in [-0.25, -0.2) is 0 Å². The minimum Gasteiger partial charge on any atom is -0.461 e. The van der Waals surface area contributed by atoms with Crippen LogP contribution in [0.25, 0.3) is 65.4 Å². The van der Waals surface area contributed by atoms with Gasteiger partial charge in [0.25, 0.3) is 0 Å². The predicted octanol–water partition coefficient (Wildman–Crippen LogP) is 14.7. The molecule has 0 unspecified atom stereocenters. The fourth-order valence-electron chi connectivity index (χ4n) is 8.07. The third-order valence-corrected chi connectivity index (χ3v) is 11.0. The standard InChI is InChI=1S/C52H42O2/c1-33(34(2)25-27-41-29-40-28-38-30-47-42-16-12-13-21-48(42)54-50(47)32-39(38)31-49(40)53-41)22-23-35(3)51-43-17-8-10-19-45(43)52(46-20-11-9-18-44(46)51)36(4)24-26-37-14-6-5-7-15-37/h6,8-14,16-28,30-32H,1,3,5,7,15,29H2,2,4H3/b23-22-,34-25+,36-24+,37-26-,41-27+. The van der Waals surface area contributed by atoms with Gasteiger partial charge in [0.1, 0.15) is 22.7 Å². The Labute approximate surface area is 316 Å². The largest absolute Gasteiger partial charge is 0.461 e. The Kier molecular flexibility index (Phi) is 8.60. The van der Waals surface area contributed by atoms with Crippen LogP contribution in [0.4, 0.5) is 0 Å². The van der Waals surface area contributed by atoms with E-state index in [1.807, 2.05) is 12.1 Å². The highest BCUT2D eigenvalue weighted by atomic mass is 16.5. The number of para-hydroxylation sites is 1. The van der Waals surface area contributed by atoms with E-state index in [4.69, 9.17) is 9.15 Å². The van der Waals surface area contributed by atoms with Crippen LogP contribution in [-0.4, -0.2) is 0 Å². The second-order valence-electron chi connectivity index (χ2n) is 14.6. The third-order valence-electron chi connectivity index (χ3n) is 11.0. The Morgan fingerprint density at radius 1 is 0.667 bits per heavy atom. The zero-order chi connectivity index (χ0) is 36.8. The normalized spacial score (nSPS) is 16.5. The number of furan rings is 1. The van der Waals surface area contributed by atoms with Crippen LogP contribution >= 0.6 is 0 Å². The van der Waals surface area contributed by atoms with Crippen molar-refractivity contribution in [2.75, 3.05) is 0 Å². The van der Waals surface area contributed by atoms with E-state index < -0.39 is 0 Å². The summed E-state index contributed by atoms with van der Waals surface area (Å²) in [5.41, 5.74) is 11.0. The Morgan fingerprint density at radius 2 is 1.35 bits per heavy atom. The summed E-state index contributed by atoms with van der Waals surface area (Å²) >= 11 is 0. The molecule has 0 fully saturated rings. The van der Waals surface area contributed by atoms with E-state index in [9.17, 15) is 0 Å². The highest BCUT2D eigenvalue weighted by Crippen LogP contribution is 2.41. The molecule has 7 aromatic rings. The van der Waals surface area contributed by atoms with E-state index in [1.165, 1.54) is 62.0 Å². The van der Waals surface area contributed by atoms with Crippen LogP contribution in [0.1, 0.15) is 49.8 Å². The first-order chi connectivity index (χ1) is 26.4. The van der Waals surface area contributed by atoms with Gasteiger partial charge in [-0.05, 0) is 141 Å². The van der Waals surface area contributed by atoms with Crippen molar-refractivity contribution in [3.63, 3.8) is 0 Å². The van der Waals surface area contributed by atoms with Gasteiger partial charge in [0, 0.05) is 22.8 Å². The number of benzene rings is 6. The van der Waals surface area contributed by atoms with Crippen molar-refractivity contribution in [2.45, 2.75) is 39.5 Å². The van der Waals surface area contributed by atoms with Crippen molar-refractivity contribution in [3.05, 3.63) is 198 Å². The van der Waals surface area contributed by atoms with E-state index in [-0.39, 0.29) is 0 Å². The molecule has 1 aromatic heterocycles. The summed E-state index contributed by atoms with van der Waals surface area (Å²) in [5.74, 6) is 1.82. The molecule has 0 saturated carbocycles. The van der Waals surface area contributed by atoms with Crippen molar-refractivity contribution >= 4 is 65.4 Å². The molecule has 2 heterocycles. The second kappa shape index (κ2) is 13.9. The monoisotopic (exact) mass is 698 g/mol. The van der Waals surface area contributed by atoms with Gasteiger partial charge in [-0.1, -0.05) is 122 Å². The number of hydrogen-bond donors (Lipinski definition) is 0. The van der Waals surface area contributed by atoms with E-state index in [0.29, 0.717) is 0 Å². The second-order valence-corrected chi connectivity index (χ2v) is 14.6. The van der Waals surface area contributed by atoms with Crippen LogP contribution in [0.2, 0.25) is 0 Å². The fraction of sp³-hybridized carbons (Fsp3) is 0.115. The van der Waals surface area contributed by atoms with E-state index in [2.05, 4.69) is 161 Å². The molecule has 1 aliphatic heterocycles. The molecular weight excluding hydrogens is 657 g/mol. The van der Waals surface area contributed by atoms with Crippen molar-refractivity contribution in [3.8, 4) is 5.75 Å². The highest BCUT2D eigenvalue weighted by molar-refractivity contribution is 6.16. The molecule has 9 rings (SSSR count). The van der Waals surface area contributed by atoms with Gasteiger partial charge in [0.05, 0.1) is 0 Å². The lowest BCUT2D eigenvalue weighted by Crippen LogP contribution is -1.94. The molecule has 6 aromatic carbocycles. The average Bonchev–Trinajstić information content (AvgIpc) is 3.78. The Balaban J connectivity index is 0.968. The number of fused-ring (bicyclic) bond motifs is 7. The summed E-state index contributed by atoms with van der Waals surface area (Å²) < 4.78 is 12.5. The van der Waals surface area contributed by atoms with Crippen molar-refractivity contribution < 1.29 is 9.15 Å². The lowest BCUT2D eigenvalue weighted by molar-refractivity contribution is 0.447. The first-order valence-corrected chi connectivity index (χ1v) is 18.9. The van der Waals surface area contributed by atoms with E-state index in [0.717, 1.165) is 74.0 Å². The predicted molar refractivity (Wildman–Crippen MR) is 231 cm³/mol. The van der Waals surface area contributed by atoms with Crippen LogP contribution in [-0.2, 0) is 6.42 Å². The summed E-state index contributed by atoms with van der Waals surface area (Å²) in [4.78, 5) is 0. The van der Waals surface area contributed by atoms with Gasteiger partial charge < -0.3 is 9.15 Å². The lowest BCUT2D eigenvalue weighted by atomic mass is 9.86. The van der Waals surface area contributed by atoms with Gasteiger partial charge in [-0.2, -0.15) is 0 Å². The quantitative estimate of drug-likeness (QED) is 0.122. The molecule has 0 amide bonds. The molecule has 1 aliphatic carbocycles. The van der Waals surface area contributed by atoms with Gasteiger partial charge in [0.2, 0.25) is 0 Å². The molecule has 2 nitrogen and oxygen atoms in total. The Hall–Kier alpha value is -6.38. The molecule has 2 aliphatic rings. The molecule has 54 heavy (non-hydrogen) atoms. The van der Waals surface area contributed by atoms with Gasteiger partial charge in [0.15, 0.2) is 0 Å². The Morgan fingerprint density at radius 3 is 2.07 bits per heavy atom. The molecule has 2 heteroatoms.